The van der Waals surface area contributed by atoms with Gasteiger partial charge in [0, 0.05) is 12.2 Å². The van der Waals surface area contributed by atoms with Crippen LogP contribution in [0.25, 0.3) is 0 Å². The lowest BCUT2D eigenvalue weighted by Gasteiger charge is -2.05. The largest absolute Gasteiger partial charge is 0.322 e. The fraction of sp³-hybridized carbons (Fsp3) is 0.333. The Bertz CT molecular complexity index is 184. The molecule has 0 saturated heterocycles. The highest BCUT2D eigenvalue weighted by molar-refractivity contribution is 5.41. The molecule has 0 unspecified atom stereocenters. The number of hydrogen-bond acceptors (Lipinski definition) is 2. The van der Waals surface area contributed by atoms with Crippen molar-refractivity contribution in [2.75, 3.05) is 12.0 Å². The summed E-state index contributed by atoms with van der Waals surface area (Å²) in [6, 6.07) is 10.1. The summed E-state index contributed by atoms with van der Waals surface area (Å²) in [5.74, 6) is 0. The average molecular weight is 150 g/mol. The van der Waals surface area contributed by atoms with E-state index >= 15 is 0 Å². The van der Waals surface area contributed by atoms with Crippen LogP contribution in [0.15, 0.2) is 30.3 Å². The van der Waals surface area contributed by atoms with Crippen LogP contribution in [0.1, 0.15) is 13.3 Å². The summed E-state index contributed by atoms with van der Waals surface area (Å²) < 4.78 is 0. The van der Waals surface area contributed by atoms with Crippen molar-refractivity contribution in [3.8, 4) is 0 Å². The molecule has 1 rings (SSSR count). The SMILES string of the molecule is CCCNNc1ccccc1. The molecule has 0 aliphatic rings. The van der Waals surface area contributed by atoms with Gasteiger partial charge in [0.05, 0.1) is 0 Å². The second-order valence-corrected chi connectivity index (χ2v) is 2.42. The molecule has 0 heterocycles. The summed E-state index contributed by atoms with van der Waals surface area (Å²) in [6.45, 7) is 3.13. The lowest BCUT2D eigenvalue weighted by molar-refractivity contribution is 0.761. The van der Waals surface area contributed by atoms with Gasteiger partial charge in [0.15, 0.2) is 0 Å². The predicted octanol–water partition coefficient (Wildman–Crippen LogP) is 2.01. The van der Waals surface area contributed by atoms with Crippen LogP contribution in [0.3, 0.4) is 0 Å². The molecule has 60 valence electrons. The summed E-state index contributed by atoms with van der Waals surface area (Å²) in [6.07, 6.45) is 1.14. The molecular weight excluding hydrogens is 136 g/mol. The Kier molecular flexibility index (Phi) is 3.48. The van der Waals surface area contributed by atoms with Crippen LogP contribution in [0.4, 0.5) is 5.69 Å². The lowest BCUT2D eigenvalue weighted by atomic mass is 10.3. The zero-order valence-electron chi connectivity index (χ0n) is 6.80. The minimum absolute atomic E-state index is 0.995. The summed E-state index contributed by atoms with van der Waals surface area (Å²) in [7, 11) is 0. The van der Waals surface area contributed by atoms with Crippen molar-refractivity contribution in [2.45, 2.75) is 13.3 Å². The molecule has 0 radical (unpaired) electrons. The third kappa shape index (κ3) is 3.05. The maximum atomic E-state index is 3.10. The minimum Gasteiger partial charge on any atom is -0.322 e. The lowest BCUT2D eigenvalue weighted by Crippen LogP contribution is -2.21. The molecule has 0 atom stereocenters. The monoisotopic (exact) mass is 150 g/mol. The first-order valence-electron chi connectivity index (χ1n) is 3.97. The normalized spacial score (nSPS) is 9.55. The van der Waals surface area contributed by atoms with Crippen molar-refractivity contribution in [3.63, 3.8) is 0 Å². The van der Waals surface area contributed by atoms with E-state index in [0.717, 1.165) is 18.7 Å². The zero-order chi connectivity index (χ0) is 7.94. The van der Waals surface area contributed by atoms with Crippen LogP contribution in [-0.2, 0) is 0 Å². The van der Waals surface area contributed by atoms with E-state index in [4.69, 9.17) is 0 Å². The molecule has 2 heteroatoms. The van der Waals surface area contributed by atoms with Crippen molar-refractivity contribution >= 4 is 5.69 Å². The Balaban J connectivity index is 2.28. The third-order valence-corrected chi connectivity index (χ3v) is 1.38. The van der Waals surface area contributed by atoms with E-state index in [1.165, 1.54) is 0 Å². The van der Waals surface area contributed by atoms with Crippen LogP contribution in [0.2, 0.25) is 0 Å². The van der Waals surface area contributed by atoms with Crippen LogP contribution in [0.5, 0.6) is 0 Å². The van der Waals surface area contributed by atoms with Gasteiger partial charge in [-0.15, -0.1) is 0 Å². The number of rotatable bonds is 4. The van der Waals surface area contributed by atoms with Gasteiger partial charge in [0.25, 0.3) is 0 Å². The Labute approximate surface area is 67.6 Å². The highest BCUT2D eigenvalue weighted by Gasteiger charge is 1.84. The van der Waals surface area contributed by atoms with E-state index in [-0.39, 0.29) is 0 Å². The molecular formula is C9H14N2. The molecule has 2 N–H and O–H groups in total. The molecule has 0 spiro atoms. The first-order valence-corrected chi connectivity index (χ1v) is 3.97. The zero-order valence-corrected chi connectivity index (χ0v) is 6.80. The number of benzene rings is 1. The molecule has 11 heavy (non-hydrogen) atoms. The molecule has 0 aliphatic carbocycles. The molecule has 0 bridgehead atoms. The Morgan fingerprint density at radius 3 is 2.55 bits per heavy atom. The van der Waals surface area contributed by atoms with Crippen molar-refractivity contribution < 1.29 is 0 Å². The van der Waals surface area contributed by atoms with E-state index in [2.05, 4.69) is 17.8 Å². The van der Waals surface area contributed by atoms with E-state index in [1.54, 1.807) is 0 Å². The minimum atomic E-state index is 0.995. The van der Waals surface area contributed by atoms with E-state index < -0.39 is 0 Å². The Morgan fingerprint density at radius 1 is 1.18 bits per heavy atom. The van der Waals surface area contributed by atoms with Crippen LogP contribution >= 0.6 is 0 Å². The van der Waals surface area contributed by atoms with Crippen molar-refractivity contribution in [3.05, 3.63) is 30.3 Å². The molecule has 0 amide bonds. The molecule has 0 fully saturated rings. The summed E-state index contributed by atoms with van der Waals surface area (Å²) >= 11 is 0. The molecule has 2 nitrogen and oxygen atoms in total. The maximum absolute atomic E-state index is 3.10. The van der Waals surface area contributed by atoms with Crippen LogP contribution in [-0.4, -0.2) is 6.54 Å². The van der Waals surface area contributed by atoms with Crippen molar-refractivity contribution in [1.82, 2.24) is 5.43 Å². The van der Waals surface area contributed by atoms with E-state index in [0.29, 0.717) is 0 Å². The number of hydrazine groups is 1. The van der Waals surface area contributed by atoms with Crippen molar-refractivity contribution in [2.24, 2.45) is 0 Å². The average Bonchev–Trinajstić information content (AvgIpc) is 2.07. The van der Waals surface area contributed by atoms with E-state index in [9.17, 15) is 0 Å². The van der Waals surface area contributed by atoms with Crippen molar-refractivity contribution in [1.29, 1.82) is 0 Å². The fourth-order valence-electron chi connectivity index (χ4n) is 0.811. The number of hydrogen-bond donors (Lipinski definition) is 2. The number of para-hydroxylation sites is 1. The topological polar surface area (TPSA) is 24.1 Å². The smallest absolute Gasteiger partial charge is 0.0487 e. The predicted molar refractivity (Wildman–Crippen MR) is 48.4 cm³/mol. The molecule has 1 aromatic carbocycles. The molecule has 1 aromatic rings. The van der Waals surface area contributed by atoms with Gasteiger partial charge in [-0.3, -0.25) is 0 Å². The highest BCUT2D eigenvalue weighted by atomic mass is 15.3. The van der Waals surface area contributed by atoms with Gasteiger partial charge in [-0.1, -0.05) is 25.1 Å². The van der Waals surface area contributed by atoms with Crippen LogP contribution < -0.4 is 10.9 Å². The molecule has 0 saturated carbocycles. The summed E-state index contributed by atoms with van der Waals surface area (Å²) in [5.41, 5.74) is 7.31. The quantitative estimate of drug-likeness (QED) is 0.507. The maximum Gasteiger partial charge on any atom is 0.0487 e. The summed E-state index contributed by atoms with van der Waals surface area (Å²) in [4.78, 5) is 0. The van der Waals surface area contributed by atoms with Gasteiger partial charge in [-0.2, -0.15) is 0 Å². The van der Waals surface area contributed by atoms with Gasteiger partial charge in [-0.25, -0.2) is 5.43 Å². The molecule has 0 aromatic heterocycles. The second kappa shape index (κ2) is 4.74. The second-order valence-electron chi connectivity index (χ2n) is 2.42. The van der Waals surface area contributed by atoms with Gasteiger partial charge < -0.3 is 5.43 Å². The standard InChI is InChI=1S/C9H14N2/c1-2-8-10-11-9-6-4-3-5-7-9/h3-7,10-11H,2,8H2,1H3. The van der Waals surface area contributed by atoms with Gasteiger partial charge in [0.1, 0.15) is 0 Å². The van der Waals surface area contributed by atoms with Gasteiger partial charge in [0.2, 0.25) is 0 Å². The highest BCUT2D eigenvalue weighted by Crippen LogP contribution is 2.01. The third-order valence-electron chi connectivity index (χ3n) is 1.38. The van der Waals surface area contributed by atoms with Gasteiger partial charge >= 0.3 is 0 Å². The fourth-order valence-corrected chi connectivity index (χ4v) is 0.811. The Hall–Kier alpha value is -1.02. The molecule has 0 aliphatic heterocycles. The first-order chi connectivity index (χ1) is 5.43. The number of anilines is 1. The summed E-state index contributed by atoms with van der Waals surface area (Å²) in [5, 5.41) is 0. The first kappa shape index (κ1) is 8.08. The van der Waals surface area contributed by atoms with E-state index in [1.807, 2.05) is 30.3 Å². The van der Waals surface area contributed by atoms with Crippen LogP contribution in [0, 0.1) is 0 Å². The Morgan fingerprint density at radius 2 is 1.91 bits per heavy atom. The number of nitrogens with one attached hydrogen (secondary N) is 2. The van der Waals surface area contributed by atoms with Gasteiger partial charge in [-0.05, 0) is 18.6 Å².